The minimum atomic E-state index is -4.90. The van der Waals surface area contributed by atoms with Gasteiger partial charge in [0, 0.05) is 56.0 Å². The van der Waals surface area contributed by atoms with Crippen LogP contribution in [0.3, 0.4) is 0 Å². The summed E-state index contributed by atoms with van der Waals surface area (Å²) in [5, 5.41) is 12.7. The van der Waals surface area contributed by atoms with E-state index in [4.69, 9.17) is 18.9 Å². The van der Waals surface area contributed by atoms with Gasteiger partial charge in [0.25, 0.3) is 5.91 Å². The van der Waals surface area contributed by atoms with Crippen molar-refractivity contribution < 1.29 is 50.8 Å². The molecular formula is C28H34F5N3O6. The summed E-state index contributed by atoms with van der Waals surface area (Å²) in [6.07, 6.45) is -6.48. The Balaban J connectivity index is 1.66. The van der Waals surface area contributed by atoms with E-state index in [1.54, 1.807) is 0 Å². The number of nitrogens with one attached hydrogen (secondary N) is 1. The Morgan fingerprint density at radius 1 is 1.26 bits per heavy atom. The van der Waals surface area contributed by atoms with Gasteiger partial charge in [-0.2, -0.15) is 17.6 Å². The van der Waals surface area contributed by atoms with Gasteiger partial charge in [0.05, 0.1) is 25.5 Å². The fourth-order valence-corrected chi connectivity index (χ4v) is 5.25. The standard InChI is InChI=1S/C28H34F5N3O6/c1-16-22(18-4-5-19(29)23(30)24(18)41-13-10-36-8-11-40-12-9-36)25(42-27(16,2)28(31,32)33)26(38)35-17-6-7-34-20(14-17)21(37)15-39-3/h4-7,14,16,21-22,25,37H,8-13,15H2,1-3H3,(H,34,35,38)/t16-,21+,22-,25+,27+/m0/s1. The fraction of sp³-hybridized carbons (Fsp3) is 0.571. The van der Waals surface area contributed by atoms with Crippen molar-refractivity contribution in [1.82, 2.24) is 9.88 Å². The number of hydrogen-bond donors (Lipinski definition) is 2. The molecule has 2 saturated heterocycles. The number of aromatic nitrogens is 1. The zero-order chi connectivity index (χ0) is 30.7. The second-order valence-electron chi connectivity index (χ2n) is 10.5. The molecule has 5 atom stereocenters. The predicted octanol–water partition coefficient (Wildman–Crippen LogP) is 3.83. The number of rotatable bonds is 10. The number of pyridine rings is 1. The maximum Gasteiger partial charge on any atom is 0.417 e. The lowest BCUT2D eigenvalue weighted by atomic mass is 9.77. The lowest BCUT2D eigenvalue weighted by Crippen LogP contribution is -2.47. The van der Waals surface area contributed by atoms with Gasteiger partial charge < -0.3 is 29.4 Å². The Labute approximate surface area is 239 Å². The quantitative estimate of drug-likeness (QED) is 0.396. The molecule has 14 heteroatoms. The second-order valence-corrected chi connectivity index (χ2v) is 10.5. The van der Waals surface area contributed by atoms with Crippen molar-refractivity contribution in [3.8, 4) is 5.75 Å². The van der Waals surface area contributed by atoms with Gasteiger partial charge in [-0.15, -0.1) is 0 Å². The number of methoxy groups -OCH3 is 1. The number of aliphatic hydroxyl groups is 1. The summed E-state index contributed by atoms with van der Waals surface area (Å²) in [7, 11) is 1.38. The molecule has 2 fully saturated rings. The van der Waals surface area contributed by atoms with Crippen LogP contribution in [0.25, 0.3) is 0 Å². The molecule has 2 aliphatic rings. The van der Waals surface area contributed by atoms with Gasteiger partial charge in [-0.3, -0.25) is 14.7 Å². The Morgan fingerprint density at radius 2 is 1.98 bits per heavy atom. The number of carbonyl (C=O) groups is 1. The van der Waals surface area contributed by atoms with E-state index in [0.717, 1.165) is 19.1 Å². The molecule has 2 aliphatic heterocycles. The number of halogens is 5. The first kappa shape index (κ1) is 32.0. The molecule has 0 bridgehead atoms. The molecule has 0 spiro atoms. The number of alkyl halides is 3. The number of ether oxygens (including phenoxy) is 4. The van der Waals surface area contributed by atoms with E-state index in [2.05, 4.69) is 10.3 Å². The lowest BCUT2D eigenvalue weighted by Gasteiger charge is -2.32. The Bertz CT molecular complexity index is 1250. The van der Waals surface area contributed by atoms with E-state index in [-0.39, 0.29) is 30.2 Å². The lowest BCUT2D eigenvalue weighted by molar-refractivity contribution is -0.272. The van der Waals surface area contributed by atoms with Gasteiger partial charge in [0.1, 0.15) is 18.8 Å². The number of amides is 1. The highest BCUT2D eigenvalue weighted by Gasteiger charge is 2.66. The van der Waals surface area contributed by atoms with Crippen molar-refractivity contribution in [1.29, 1.82) is 0 Å². The monoisotopic (exact) mass is 603 g/mol. The molecule has 1 amide bonds. The minimum absolute atomic E-state index is 0.0771. The minimum Gasteiger partial charge on any atom is -0.489 e. The number of hydrogen-bond acceptors (Lipinski definition) is 8. The van der Waals surface area contributed by atoms with Gasteiger partial charge in [-0.05, 0) is 25.1 Å². The molecule has 1 aromatic carbocycles. The maximum absolute atomic E-state index is 15.2. The molecule has 232 valence electrons. The molecular weight excluding hydrogens is 569 g/mol. The van der Waals surface area contributed by atoms with Crippen LogP contribution in [0.2, 0.25) is 0 Å². The summed E-state index contributed by atoms with van der Waals surface area (Å²) < 4.78 is 93.8. The summed E-state index contributed by atoms with van der Waals surface area (Å²) >= 11 is 0. The van der Waals surface area contributed by atoms with Crippen LogP contribution in [-0.4, -0.2) is 92.0 Å². The van der Waals surface area contributed by atoms with Crippen molar-refractivity contribution in [2.24, 2.45) is 5.92 Å². The zero-order valence-electron chi connectivity index (χ0n) is 23.4. The van der Waals surface area contributed by atoms with Crippen molar-refractivity contribution in [2.75, 3.05) is 58.5 Å². The SMILES string of the molecule is COC[C@@H](O)c1cc(NC(=O)[C@@H]2O[C@@](C)(C(F)(F)F)[C@@H](C)[C@H]2c2ccc(F)c(F)c2OCCN2CCOCC2)ccn1. The number of nitrogens with zero attached hydrogens (tertiary/aromatic N) is 2. The molecule has 0 aliphatic carbocycles. The van der Waals surface area contributed by atoms with Crippen LogP contribution < -0.4 is 10.1 Å². The molecule has 9 nitrogen and oxygen atoms in total. The largest absolute Gasteiger partial charge is 0.489 e. The number of morpholine rings is 1. The van der Waals surface area contributed by atoms with Gasteiger partial charge in [-0.25, -0.2) is 4.39 Å². The van der Waals surface area contributed by atoms with E-state index in [9.17, 15) is 27.5 Å². The molecule has 0 unspecified atom stereocenters. The average molecular weight is 604 g/mol. The fourth-order valence-electron chi connectivity index (χ4n) is 5.25. The highest BCUT2D eigenvalue weighted by molar-refractivity contribution is 5.95. The number of aliphatic hydroxyl groups excluding tert-OH is 1. The molecule has 4 rings (SSSR count). The van der Waals surface area contributed by atoms with Crippen LogP contribution in [0, 0.1) is 17.6 Å². The van der Waals surface area contributed by atoms with E-state index in [0.29, 0.717) is 32.8 Å². The van der Waals surface area contributed by atoms with Gasteiger partial charge in [0.15, 0.2) is 17.2 Å². The first-order chi connectivity index (χ1) is 19.9. The third kappa shape index (κ3) is 6.67. The molecule has 42 heavy (non-hydrogen) atoms. The van der Waals surface area contributed by atoms with Crippen LogP contribution in [0.4, 0.5) is 27.6 Å². The van der Waals surface area contributed by atoms with Crippen molar-refractivity contribution in [2.45, 2.75) is 43.8 Å². The molecule has 3 heterocycles. The molecule has 2 N–H and O–H groups in total. The van der Waals surface area contributed by atoms with E-state index in [1.807, 2.05) is 4.90 Å². The summed E-state index contributed by atoms with van der Waals surface area (Å²) in [6.45, 7) is 4.50. The molecule has 1 aromatic heterocycles. The maximum atomic E-state index is 15.2. The number of carbonyl (C=O) groups excluding carboxylic acids is 1. The second kappa shape index (κ2) is 13.2. The Morgan fingerprint density at radius 3 is 2.64 bits per heavy atom. The third-order valence-corrected chi connectivity index (χ3v) is 7.84. The van der Waals surface area contributed by atoms with E-state index >= 15 is 4.39 Å². The summed E-state index contributed by atoms with van der Waals surface area (Å²) in [6, 6.07) is 4.64. The smallest absolute Gasteiger partial charge is 0.417 e. The third-order valence-electron chi connectivity index (χ3n) is 7.84. The van der Waals surface area contributed by atoms with Gasteiger partial charge >= 0.3 is 6.18 Å². The van der Waals surface area contributed by atoms with E-state index < -0.39 is 59.1 Å². The van der Waals surface area contributed by atoms with Crippen LogP contribution in [0.15, 0.2) is 30.5 Å². The van der Waals surface area contributed by atoms with Crippen LogP contribution in [0.1, 0.15) is 37.1 Å². The molecule has 0 saturated carbocycles. The van der Waals surface area contributed by atoms with Crippen LogP contribution in [0.5, 0.6) is 5.75 Å². The normalized spacial score (nSPS) is 25.8. The van der Waals surface area contributed by atoms with Crippen molar-refractivity contribution >= 4 is 11.6 Å². The summed E-state index contributed by atoms with van der Waals surface area (Å²) in [5.41, 5.74) is -2.64. The average Bonchev–Trinajstić information content (AvgIpc) is 3.23. The molecule has 2 aromatic rings. The number of anilines is 1. The van der Waals surface area contributed by atoms with Crippen molar-refractivity contribution in [3.05, 3.63) is 53.4 Å². The van der Waals surface area contributed by atoms with Gasteiger partial charge in [-0.1, -0.05) is 13.0 Å². The van der Waals surface area contributed by atoms with Crippen molar-refractivity contribution in [3.63, 3.8) is 0 Å². The Hall–Kier alpha value is -2.91. The first-order valence-electron chi connectivity index (χ1n) is 13.5. The highest BCUT2D eigenvalue weighted by Crippen LogP contribution is 2.55. The van der Waals surface area contributed by atoms with Crippen LogP contribution in [-0.2, 0) is 19.0 Å². The highest BCUT2D eigenvalue weighted by atomic mass is 19.4. The summed E-state index contributed by atoms with van der Waals surface area (Å²) in [4.78, 5) is 19.5. The Kier molecular flexibility index (Phi) is 10.0. The topological polar surface area (TPSA) is 102 Å². The molecule has 0 radical (unpaired) electrons. The van der Waals surface area contributed by atoms with E-state index in [1.165, 1.54) is 32.4 Å². The predicted molar refractivity (Wildman–Crippen MR) is 140 cm³/mol. The van der Waals surface area contributed by atoms with Gasteiger partial charge in [0.2, 0.25) is 5.82 Å². The van der Waals surface area contributed by atoms with Crippen LogP contribution >= 0.6 is 0 Å². The first-order valence-corrected chi connectivity index (χ1v) is 13.5. The zero-order valence-corrected chi connectivity index (χ0v) is 23.4. The summed E-state index contributed by atoms with van der Waals surface area (Å²) in [5.74, 6) is -6.91. The number of benzene rings is 1.